The molecule has 1 unspecified atom stereocenters. The number of anilines is 1. The normalized spacial score (nSPS) is 12.8. The molecule has 1 aromatic carbocycles. The molecule has 0 aliphatic carbocycles. The molecule has 0 aliphatic heterocycles. The van der Waals surface area contributed by atoms with Crippen LogP contribution < -0.4 is 5.73 Å². The summed E-state index contributed by atoms with van der Waals surface area (Å²) in [5.74, 6) is 0.697. The predicted molar refractivity (Wildman–Crippen MR) is 75.8 cm³/mol. The number of benzene rings is 1. The predicted octanol–water partition coefficient (Wildman–Crippen LogP) is 1.96. The van der Waals surface area contributed by atoms with Crippen LogP contribution in [0.25, 0.3) is 0 Å². The first-order valence-electron chi connectivity index (χ1n) is 6.27. The molecule has 0 saturated heterocycles. The van der Waals surface area contributed by atoms with Crippen LogP contribution in [0.4, 0.5) is 10.1 Å². The summed E-state index contributed by atoms with van der Waals surface area (Å²) < 4.78 is 27.3. The highest BCUT2D eigenvalue weighted by atomic mass is 32.2. The fraction of sp³-hybridized carbons (Fsp3) is 0.385. The lowest BCUT2D eigenvalue weighted by molar-refractivity contribution is 0.471. The third-order valence-corrected chi connectivity index (χ3v) is 4.03. The van der Waals surface area contributed by atoms with Crippen molar-refractivity contribution < 1.29 is 8.60 Å². The highest BCUT2D eigenvalue weighted by Gasteiger charge is 2.13. The van der Waals surface area contributed by atoms with E-state index in [1.807, 2.05) is 0 Å². The smallest absolute Gasteiger partial charge is 0.147 e. The Morgan fingerprint density at radius 1 is 1.45 bits per heavy atom. The average molecular weight is 296 g/mol. The van der Waals surface area contributed by atoms with Gasteiger partial charge in [-0.3, -0.25) is 4.21 Å². The molecule has 0 fully saturated rings. The van der Waals surface area contributed by atoms with Crippen molar-refractivity contribution in [1.29, 1.82) is 0 Å². The van der Waals surface area contributed by atoms with Crippen LogP contribution in [0.2, 0.25) is 0 Å². The van der Waals surface area contributed by atoms with E-state index in [0.29, 0.717) is 23.2 Å². The number of aromatic nitrogens is 3. The maximum Gasteiger partial charge on any atom is 0.147 e. The van der Waals surface area contributed by atoms with Gasteiger partial charge in [0.15, 0.2) is 0 Å². The monoisotopic (exact) mass is 296 g/mol. The number of nitrogen functional groups attached to an aromatic ring is 1. The second kappa shape index (κ2) is 6.13. The number of rotatable bonds is 5. The molecule has 1 aromatic heterocycles. The van der Waals surface area contributed by atoms with Crippen molar-refractivity contribution in [1.82, 2.24) is 14.8 Å². The summed E-state index contributed by atoms with van der Waals surface area (Å²) in [6, 6.07) is 4.19. The second-order valence-corrected chi connectivity index (χ2v) is 6.38. The van der Waals surface area contributed by atoms with Gasteiger partial charge in [-0.15, -0.1) is 0 Å². The highest BCUT2D eigenvalue weighted by molar-refractivity contribution is 7.84. The first-order valence-corrected chi connectivity index (χ1v) is 7.59. The maximum absolute atomic E-state index is 13.4. The Morgan fingerprint density at radius 3 is 2.85 bits per heavy atom. The lowest BCUT2D eigenvalue weighted by Gasteiger charge is -2.08. The molecule has 2 N–H and O–H groups in total. The minimum absolute atomic E-state index is 0.0497. The quantitative estimate of drug-likeness (QED) is 0.856. The second-order valence-electron chi connectivity index (χ2n) is 4.93. The largest absolute Gasteiger partial charge is 0.396 e. The standard InChI is InChI=1S/C13H17FN4OS/c1-9(2)6-18-13(16-8-17-18)7-20(19)10-3-4-12(15)11(14)5-10/h3-5,8-9H,6-7,15H2,1-2H3. The molecule has 7 heteroatoms. The summed E-state index contributed by atoms with van der Waals surface area (Å²) in [6.45, 7) is 4.85. The number of nitrogens with two attached hydrogens (primary N) is 1. The van der Waals surface area contributed by atoms with Gasteiger partial charge in [0.25, 0.3) is 0 Å². The number of hydrogen-bond donors (Lipinski definition) is 1. The molecule has 0 spiro atoms. The summed E-state index contributed by atoms with van der Waals surface area (Å²) in [5, 5.41) is 4.11. The maximum atomic E-state index is 13.4. The molecule has 2 aromatic rings. The van der Waals surface area contributed by atoms with E-state index < -0.39 is 16.6 Å². The average Bonchev–Trinajstić information content (AvgIpc) is 2.79. The first-order chi connectivity index (χ1) is 9.47. The lowest BCUT2D eigenvalue weighted by atomic mass is 10.2. The molecule has 1 atom stereocenters. The van der Waals surface area contributed by atoms with Crippen LogP contribution in [0.15, 0.2) is 29.4 Å². The van der Waals surface area contributed by atoms with Crippen LogP contribution in [0.5, 0.6) is 0 Å². The molecule has 1 heterocycles. The summed E-state index contributed by atoms with van der Waals surface area (Å²) >= 11 is 0. The van der Waals surface area contributed by atoms with Crippen LogP contribution in [0, 0.1) is 11.7 Å². The molecule has 5 nitrogen and oxygen atoms in total. The molecule has 0 saturated carbocycles. The van der Waals surface area contributed by atoms with Gasteiger partial charge in [0, 0.05) is 11.4 Å². The van der Waals surface area contributed by atoms with Gasteiger partial charge in [0.1, 0.15) is 18.0 Å². The van der Waals surface area contributed by atoms with Gasteiger partial charge in [-0.2, -0.15) is 5.10 Å². The Morgan fingerprint density at radius 2 is 2.20 bits per heavy atom. The summed E-state index contributed by atoms with van der Waals surface area (Å²) in [7, 11) is -1.38. The molecule has 0 amide bonds. The van der Waals surface area contributed by atoms with E-state index in [9.17, 15) is 8.60 Å². The van der Waals surface area contributed by atoms with E-state index in [0.717, 1.165) is 0 Å². The topological polar surface area (TPSA) is 73.8 Å². The lowest BCUT2D eigenvalue weighted by Crippen LogP contribution is -2.12. The first kappa shape index (κ1) is 14.6. The van der Waals surface area contributed by atoms with E-state index >= 15 is 0 Å². The van der Waals surface area contributed by atoms with Crippen LogP contribution in [0.3, 0.4) is 0 Å². The number of nitrogens with zero attached hydrogens (tertiary/aromatic N) is 3. The van der Waals surface area contributed by atoms with Crippen LogP contribution >= 0.6 is 0 Å². The van der Waals surface area contributed by atoms with Crippen molar-refractivity contribution >= 4 is 16.5 Å². The number of hydrogen-bond acceptors (Lipinski definition) is 4. The van der Waals surface area contributed by atoms with Gasteiger partial charge >= 0.3 is 0 Å². The fourth-order valence-electron chi connectivity index (χ4n) is 1.75. The zero-order valence-corrected chi connectivity index (χ0v) is 12.2. The van der Waals surface area contributed by atoms with Crippen molar-refractivity contribution in [3.63, 3.8) is 0 Å². The van der Waals surface area contributed by atoms with Gasteiger partial charge in [-0.05, 0) is 24.1 Å². The summed E-state index contributed by atoms with van der Waals surface area (Å²) in [5.41, 5.74) is 5.45. The van der Waals surface area contributed by atoms with Gasteiger partial charge < -0.3 is 5.73 Å². The van der Waals surface area contributed by atoms with Gasteiger partial charge in [-0.1, -0.05) is 13.8 Å². The Balaban J connectivity index is 2.15. The van der Waals surface area contributed by atoms with E-state index in [1.165, 1.54) is 18.5 Å². The minimum Gasteiger partial charge on any atom is -0.396 e. The van der Waals surface area contributed by atoms with Crippen LogP contribution in [-0.2, 0) is 23.1 Å². The van der Waals surface area contributed by atoms with Crippen LogP contribution in [0.1, 0.15) is 19.7 Å². The third-order valence-electron chi connectivity index (χ3n) is 2.73. The third kappa shape index (κ3) is 3.41. The molecule has 2 rings (SSSR count). The van der Waals surface area contributed by atoms with Crippen molar-refractivity contribution in [2.24, 2.45) is 5.92 Å². The molecular weight excluding hydrogens is 279 g/mol. The summed E-state index contributed by atoms with van der Waals surface area (Å²) in [4.78, 5) is 4.51. The molecule has 0 bridgehead atoms. The Hall–Kier alpha value is -1.76. The van der Waals surface area contributed by atoms with E-state index in [-0.39, 0.29) is 11.4 Å². The van der Waals surface area contributed by atoms with Crippen LogP contribution in [-0.4, -0.2) is 19.0 Å². The van der Waals surface area contributed by atoms with E-state index in [4.69, 9.17) is 5.73 Å². The molecule has 108 valence electrons. The van der Waals surface area contributed by atoms with Gasteiger partial charge in [0.05, 0.1) is 22.2 Å². The number of halogens is 1. The molecule has 20 heavy (non-hydrogen) atoms. The van der Waals surface area contributed by atoms with Crippen molar-refractivity contribution in [3.8, 4) is 0 Å². The Bertz CT molecular complexity index is 627. The zero-order valence-electron chi connectivity index (χ0n) is 11.4. The fourth-order valence-corrected chi connectivity index (χ4v) is 2.83. The minimum atomic E-state index is -1.38. The molecule has 0 radical (unpaired) electrons. The summed E-state index contributed by atoms with van der Waals surface area (Å²) in [6.07, 6.45) is 1.44. The SMILES string of the molecule is CC(C)Cn1ncnc1CS(=O)c1ccc(N)c(F)c1. The van der Waals surface area contributed by atoms with Crippen molar-refractivity contribution in [2.75, 3.05) is 5.73 Å². The Labute approximate surface area is 119 Å². The highest BCUT2D eigenvalue weighted by Crippen LogP contribution is 2.17. The molecular formula is C13H17FN4OS. The van der Waals surface area contributed by atoms with Gasteiger partial charge in [-0.25, -0.2) is 14.1 Å². The van der Waals surface area contributed by atoms with Gasteiger partial charge in [0.2, 0.25) is 0 Å². The van der Waals surface area contributed by atoms with E-state index in [1.54, 1.807) is 10.7 Å². The van der Waals surface area contributed by atoms with Crippen molar-refractivity contribution in [2.45, 2.75) is 31.0 Å². The zero-order chi connectivity index (χ0) is 14.7. The Kier molecular flexibility index (Phi) is 4.49. The van der Waals surface area contributed by atoms with E-state index in [2.05, 4.69) is 23.9 Å². The van der Waals surface area contributed by atoms with Crippen molar-refractivity contribution in [3.05, 3.63) is 36.2 Å². The molecule has 0 aliphatic rings.